The lowest BCUT2D eigenvalue weighted by molar-refractivity contribution is -0.119. The molecule has 3 heterocycles. The topological polar surface area (TPSA) is 80.3 Å². The Kier molecular flexibility index (Phi) is 2.19. The zero-order valence-corrected chi connectivity index (χ0v) is 11.2. The van der Waals surface area contributed by atoms with Gasteiger partial charge in [0.2, 0.25) is 12.7 Å². The zero-order chi connectivity index (χ0) is 14.1. The highest BCUT2D eigenvalue weighted by Gasteiger charge is 2.62. The van der Waals surface area contributed by atoms with Crippen LogP contribution >= 0.6 is 0 Å². The van der Waals surface area contributed by atoms with Gasteiger partial charge >= 0.3 is 0 Å². The van der Waals surface area contributed by atoms with E-state index in [4.69, 9.17) is 14.2 Å². The summed E-state index contributed by atoms with van der Waals surface area (Å²) in [6.45, 7) is 0.244. The minimum Gasteiger partial charge on any atom is -0.454 e. The minimum absolute atomic E-state index is 0.0103. The molecule has 0 unspecified atom stereocenters. The summed E-state index contributed by atoms with van der Waals surface area (Å²) in [5, 5.41) is 13.3. The van der Waals surface area contributed by atoms with Crippen molar-refractivity contribution < 1.29 is 24.1 Å². The zero-order valence-electron chi connectivity index (χ0n) is 11.2. The molecule has 3 fully saturated rings. The lowest BCUT2D eigenvalue weighted by Crippen LogP contribution is -2.48. The SMILES string of the molecule is O=C1C[C@@H]2[C@H](O)[C@H]3O[C@H]3[C@@H](c3ccc4c(c3)OCO4)[C@@H]2N1. The van der Waals surface area contributed by atoms with Gasteiger partial charge in [-0.1, -0.05) is 6.07 Å². The van der Waals surface area contributed by atoms with E-state index in [2.05, 4.69) is 5.32 Å². The number of aliphatic hydroxyl groups is 1. The smallest absolute Gasteiger partial charge is 0.231 e. The molecule has 1 saturated carbocycles. The molecule has 110 valence electrons. The van der Waals surface area contributed by atoms with Crippen molar-refractivity contribution >= 4 is 5.91 Å². The second-order valence-electron chi connectivity index (χ2n) is 6.16. The Morgan fingerprint density at radius 2 is 2.05 bits per heavy atom. The number of hydrogen-bond donors (Lipinski definition) is 2. The van der Waals surface area contributed by atoms with Gasteiger partial charge in [0.15, 0.2) is 11.5 Å². The van der Waals surface area contributed by atoms with Crippen LogP contribution in [0.3, 0.4) is 0 Å². The van der Waals surface area contributed by atoms with Crippen LogP contribution in [0.2, 0.25) is 0 Å². The number of carbonyl (C=O) groups is 1. The Balaban J connectivity index is 1.54. The molecule has 2 N–H and O–H groups in total. The highest BCUT2D eigenvalue weighted by atomic mass is 16.7. The van der Waals surface area contributed by atoms with Gasteiger partial charge in [0.05, 0.1) is 12.2 Å². The van der Waals surface area contributed by atoms with Crippen molar-refractivity contribution in [3.05, 3.63) is 23.8 Å². The average molecular weight is 289 g/mol. The number of amides is 1. The maximum atomic E-state index is 11.7. The first-order chi connectivity index (χ1) is 10.2. The molecule has 6 heteroatoms. The molecule has 1 aliphatic carbocycles. The van der Waals surface area contributed by atoms with Crippen molar-refractivity contribution in [1.29, 1.82) is 0 Å². The Labute approximate surface area is 121 Å². The monoisotopic (exact) mass is 289 g/mol. The maximum Gasteiger partial charge on any atom is 0.231 e. The molecule has 1 aromatic carbocycles. The van der Waals surface area contributed by atoms with E-state index in [1.807, 2.05) is 18.2 Å². The van der Waals surface area contributed by atoms with Gasteiger partial charge in [-0.25, -0.2) is 0 Å². The number of hydrogen-bond acceptors (Lipinski definition) is 5. The van der Waals surface area contributed by atoms with Crippen LogP contribution in [-0.2, 0) is 9.53 Å². The van der Waals surface area contributed by atoms with Crippen molar-refractivity contribution in [2.24, 2.45) is 5.92 Å². The van der Waals surface area contributed by atoms with Gasteiger partial charge in [0, 0.05) is 24.3 Å². The van der Waals surface area contributed by atoms with Crippen molar-refractivity contribution in [2.75, 3.05) is 6.79 Å². The van der Waals surface area contributed by atoms with Gasteiger partial charge in [-0.05, 0) is 17.7 Å². The molecule has 0 radical (unpaired) electrons. The van der Waals surface area contributed by atoms with Gasteiger partial charge < -0.3 is 24.6 Å². The van der Waals surface area contributed by atoms with Crippen LogP contribution in [0.25, 0.3) is 0 Å². The number of nitrogens with one attached hydrogen (secondary N) is 1. The van der Waals surface area contributed by atoms with E-state index in [9.17, 15) is 9.90 Å². The number of fused-ring (bicyclic) bond motifs is 3. The largest absolute Gasteiger partial charge is 0.454 e. The van der Waals surface area contributed by atoms with Crippen LogP contribution in [-0.4, -0.2) is 42.2 Å². The molecule has 0 aromatic heterocycles. The Bertz CT molecular complexity index is 632. The Hall–Kier alpha value is -1.79. The molecule has 4 aliphatic rings. The molecule has 1 amide bonds. The summed E-state index contributed by atoms with van der Waals surface area (Å²) in [5.41, 5.74) is 1.07. The quantitative estimate of drug-likeness (QED) is 0.719. The molecular weight excluding hydrogens is 274 g/mol. The third-order valence-corrected chi connectivity index (χ3v) is 5.07. The summed E-state index contributed by atoms with van der Waals surface area (Å²) in [6.07, 6.45) is -0.349. The molecule has 21 heavy (non-hydrogen) atoms. The lowest BCUT2D eigenvalue weighted by Gasteiger charge is -2.33. The normalized spacial score (nSPS) is 42.2. The molecule has 6 nitrogen and oxygen atoms in total. The molecule has 6 atom stereocenters. The van der Waals surface area contributed by atoms with Gasteiger partial charge in [-0.15, -0.1) is 0 Å². The first-order valence-electron chi connectivity index (χ1n) is 7.25. The van der Waals surface area contributed by atoms with Crippen LogP contribution in [0.5, 0.6) is 11.5 Å². The highest BCUT2D eigenvalue weighted by Crippen LogP contribution is 2.51. The summed E-state index contributed by atoms with van der Waals surface area (Å²) in [4.78, 5) is 11.7. The fourth-order valence-corrected chi connectivity index (χ4v) is 4.05. The number of aliphatic hydroxyl groups excluding tert-OH is 1. The third kappa shape index (κ3) is 1.57. The summed E-state index contributed by atoms with van der Waals surface area (Å²) in [5.74, 6) is 1.48. The summed E-state index contributed by atoms with van der Waals surface area (Å²) < 4.78 is 16.4. The van der Waals surface area contributed by atoms with E-state index in [-0.39, 0.29) is 42.8 Å². The Morgan fingerprint density at radius 3 is 2.95 bits per heavy atom. The Morgan fingerprint density at radius 1 is 1.19 bits per heavy atom. The van der Waals surface area contributed by atoms with E-state index in [0.717, 1.165) is 17.1 Å². The molecule has 0 bridgehead atoms. The van der Waals surface area contributed by atoms with E-state index in [1.54, 1.807) is 0 Å². The molecule has 5 rings (SSSR count). The highest BCUT2D eigenvalue weighted by molar-refractivity contribution is 5.79. The van der Waals surface area contributed by atoms with E-state index in [1.165, 1.54) is 0 Å². The fraction of sp³-hybridized carbons (Fsp3) is 0.533. The standard InChI is InChI=1S/C15H15NO5/c17-10-4-7-12(16-10)11(14-15(21-14)13(7)18)6-1-2-8-9(3-6)20-5-19-8/h1-3,7,11-15,18H,4-5H2,(H,16,17)/t7-,11-,12+,13-,14-,15+/m0/s1. The summed E-state index contributed by atoms with van der Waals surface area (Å²) >= 11 is 0. The minimum atomic E-state index is -0.552. The van der Waals surface area contributed by atoms with Crippen LogP contribution < -0.4 is 14.8 Å². The van der Waals surface area contributed by atoms with Crippen LogP contribution in [0.1, 0.15) is 17.9 Å². The third-order valence-electron chi connectivity index (χ3n) is 5.07. The van der Waals surface area contributed by atoms with Gasteiger partial charge in [0.1, 0.15) is 6.10 Å². The van der Waals surface area contributed by atoms with Crippen LogP contribution in [0.15, 0.2) is 18.2 Å². The predicted molar refractivity (Wildman–Crippen MR) is 70.0 cm³/mol. The number of ether oxygens (including phenoxy) is 3. The number of rotatable bonds is 1. The number of carbonyl (C=O) groups excluding carboxylic acids is 1. The van der Waals surface area contributed by atoms with Crippen LogP contribution in [0.4, 0.5) is 0 Å². The molecule has 3 aliphatic heterocycles. The molecule has 2 saturated heterocycles. The van der Waals surface area contributed by atoms with E-state index >= 15 is 0 Å². The summed E-state index contributed by atoms with van der Waals surface area (Å²) in [6, 6.07) is 5.78. The van der Waals surface area contributed by atoms with E-state index in [0.29, 0.717) is 6.42 Å². The van der Waals surface area contributed by atoms with E-state index < -0.39 is 6.10 Å². The number of benzene rings is 1. The first kappa shape index (κ1) is 11.8. The van der Waals surface area contributed by atoms with Gasteiger partial charge in [-0.3, -0.25) is 4.79 Å². The molecular formula is C15H15NO5. The lowest BCUT2D eigenvalue weighted by atomic mass is 9.73. The van der Waals surface area contributed by atoms with Gasteiger partial charge in [0.25, 0.3) is 0 Å². The average Bonchev–Trinajstić information content (AvgIpc) is 2.94. The molecule has 1 aromatic rings. The van der Waals surface area contributed by atoms with Crippen molar-refractivity contribution in [3.8, 4) is 11.5 Å². The number of epoxide rings is 1. The molecule has 0 spiro atoms. The van der Waals surface area contributed by atoms with Crippen molar-refractivity contribution in [1.82, 2.24) is 5.32 Å². The van der Waals surface area contributed by atoms with Gasteiger partial charge in [-0.2, -0.15) is 0 Å². The predicted octanol–water partition coefficient (Wildman–Crippen LogP) is 0.145. The van der Waals surface area contributed by atoms with Crippen LogP contribution in [0, 0.1) is 5.92 Å². The first-order valence-corrected chi connectivity index (χ1v) is 7.25. The fourth-order valence-electron chi connectivity index (χ4n) is 4.05. The van der Waals surface area contributed by atoms with Crippen molar-refractivity contribution in [3.63, 3.8) is 0 Å². The van der Waals surface area contributed by atoms with Crippen molar-refractivity contribution in [2.45, 2.75) is 36.7 Å². The summed E-state index contributed by atoms with van der Waals surface area (Å²) in [7, 11) is 0. The maximum absolute atomic E-state index is 11.7. The second kappa shape index (κ2) is 3.90. The second-order valence-corrected chi connectivity index (χ2v) is 6.16.